The van der Waals surface area contributed by atoms with Gasteiger partial charge in [-0.25, -0.2) is 4.57 Å². The van der Waals surface area contributed by atoms with Crippen molar-refractivity contribution in [3.63, 3.8) is 0 Å². The van der Waals surface area contributed by atoms with Crippen LogP contribution in [-0.4, -0.2) is 73.4 Å². The van der Waals surface area contributed by atoms with Crippen LogP contribution in [0.2, 0.25) is 0 Å². The Morgan fingerprint density at radius 2 is 0.952 bits per heavy atom. The molecule has 0 aromatic rings. The molecule has 0 aliphatic rings. The number of likely N-dealkylation sites (N-methyl/N-ethyl adjacent to an activating group) is 1. The molecule has 63 heavy (non-hydrogen) atoms. The van der Waals surface area contributed by atoms with Crippen LogP contribution in [0.25, 0.3) is 0 Å². The number of aliphatic hydroxyl groups excluding tert-OH is 1. The van der Waals surface area contributed by atoms with Crippen molar-refractivity contribution < 1.29 is 32.9 Å². The summed E-state index contributed by atoms with van der Waals surface area (Å²) < 4.78 is 23.7. The van der Waals surface area contributed by atoms with Gasteiger partial charge in [0.1, 0.15) is 13.2 Å². The zero-order valence-corrected chi connectivity index (χ0v) is 43.0. The summed E-state index contributed by atoms with van der Waals surface area (Å²) in [6.07, 6.45) is 58.6. The number of carbonyl (C=O) groups excluding carboxylic acids is 1. The van der Waals surface area contributed by atoms with E-state index in [9.17, 15) is 19.4 Å². The highest BCUT2D eigenvalue weighted by molar-refractivity contribution is 7.47. The molecule has 0 aromatic carbocycles. The van der Waals surface area contributed by atoms with Gasteiger partial charge in [-0.05, 0) is 51.4 Å². The van der Waals surface area contributed by atoms with E-state index >= 15 is 0 Å². The summed E-state index contributed by atoms with van der Waals surface area (Å²) in [6, 6.07) is -0.762. The molecule has 0 aliphatic heterocycles. The summed E-state index contributed by atoms with van der Waals surface area (Å²) in [5.41, 5.74) is 0. The Labute approximate surface area is 390 Å². The van der Waals surface area contributed by atoms with Gasteiger partial charge in [-0.3, -0.25) is 13.8 Å². The molecule has 0 spiro atoms. The molecule has 0 bridgehead atoms. The van der Waals surface area contributed by atoms with Gasteiger partial charge in [0.05, 0.1) is 39.9 Å². The maximum Gasteiger partial charge on any atom is 0.472 e. The first-order valence-corrected chi connectivity index (χ1v) is 28.0. The minimum Gasteiger partial charge on any atom is -0.391 e. The molecule has 0 saturated carbocycles. The van der Waals surface area contributed by atoms with E-state index in [0.717, 1.165) is 64.2 Å². The number of allylic oxidation sites excluding steroid dienone is 8. The molecule has 0 radical (unpaired) electrons. The van der Waals surface area contributed by atoms with Crippen molar-refractivity contribution in [2.24, 2.45) is 0 Å². The van der Waals surface area contributed by atoms with E-state index in [0.29, 0.717) is 23.9 Å². The van der Waals surface area contributed by atoms with Crippen LogP contribution in [0, 0.1) is 0 Å². The van der Waals surface area contributed by atoms with Crippen molar-refractivity contribution in [3.05, 3.63) is 48.6 Å². The molecule has 9 heteroatoms. The first-order chi connectivity index (χ1) is 30.5. The Morgan fingerprint density at radius 3 is 1.40 bits per heavy atom. The topological polar surface area (TPSA) is 105 Å². The number of nitrogens with one attached hydrogen (secondary N) is 1. The van der Waals surface area contributed by atoms with Crippen LogP contribution in [0.1, 0.15) is 239 Å². The monoisotopic (exact) mass is 908 g/mol. The Bertz CT molecular complexity index is 1170. The molecule has 0 heterocycles. The smallest absolute Gasteiger partial charge is 0.391 e. The largest absolute Gasteiger partial charge is 0.472 e. The maximum absolute atomic E-state index is 13.0. The second-order valence-corrected chi connectivity index (χ2v) is 20.7. The third-order valence-corrected chi connectivity index (χ3v) is 12.8. The van der Waals surface area contributed by atoms with E-state index in [-0.39, 0.29) is 19.1 Å². The number of aliphatic hydroxyl groups is 1. The summed E-state index contributed by atoms with van der Waals surface area (Å²) >= 11 is 0. The molecule has 0 rings (SSSR count). The van der Waals surface area contributed by atoms with Crippen LogP contribution in [0.5, 0.6) is 0 Å². The third kappa shape index (κ3) is 48.2. The number of nitrogens with zero attached hydrogens (tertiary/aromatic N) is 1. The van der Waals surface area contributed by atoms with Crippen LogP contribution in [0.15, 0.2) is 48.6 Å². The predicted octanol–water partition coefficient (Wildman–Crippen LogP) is 15.6. The number of phosphoric acid groups is 1. The molecule has 0 saturated heterocycles. The predicted molar refractivity (Wildman–Crippen MR) is 272 cm³/mol. The van der Waals surface area contributed by atoms with Crippen molar-refractivity contribution in [3.8, 4) is 0 Å². The summed E-state index contributed by atoms with van der Waals surface area (Å²) in [6.45, 7) is 4.79. The SMILES string of the molecule is CC/C=C\C/C=C\C/C=C\C/C=C\CCCCCCCCCCCCCCC(=O)NC(COP(=O)(O)OCC[N+](C)(C)C)C(O)CCCCCCCCCCCCCCCCCC. The van der Waals surface area contributed by atoms with E-state index in [1.807, 2.05) is 21.1 Å². The van der Waals surface area contributed by atoms with Crippen molar-refractivity contribution in [2.75, 3.05) is 40.9 Å². The van der Waals surface area contributed by atoms with Crippen LogP contribution in [0.4, 0.5) is 0 Å². The van der Waals surface area contributed by atoms with E-state index < -0.39 is 20.0 Å². The minimum absolute atomic E-state index is 0.0737. The number of unbranched alkanes of at least 4 members (excludes halogenated alkanes) is 27. The van der Waals surface area contributed by atoms with Crippen LogP contribution < -0.4 is 5.32 Å². The molecule has 0 aliphatic carbocycles. The molecule has 0 fully saturated rings. The lowest BCUT2D eigenvalue weighted by Crippen LogP contribution is -2.46. The fourth-order valence-corrected chi connectivity index (χ4v) is 8.42. The average Bonchev–Trinajstić information content (AvgIpc) is 3.24. The summed E-state index contributed by atoms with van der Waals surface area (Å²) in [4.78, 5) is 23.3. The van der Waals surface area contributed by atoms with Gasteiger partial charge in [-0.15, -0.1) is 0 Å². The van der Waals surface area contributed by atoms with E-state index in [2.05, 4.69) is 67.8 Å². The van der Waals surface area contributed by atoms with Gasteiger partial charge in [-0.2, -0.15) is 0 Å². The first-order valence-electron chi connectivity index (χ1n) is 26.5. The van der Waals surface area contributed by atoms with Crippen molar-refractivity contribution in [1.82, 2.24) is 5.32 Å². The van der Waals surface area contributed by atoms with Gasteiger partial charge in [0.2, 0.25) is 5.91 Å². The number of carbonyl (C=O) groups is 1. The van der Waals surface area contributed by atoms with Gasteiger partial charge >= 0.3 is 7.82 Å². The number of hydrogen-bond donors (Lipinski definition) is 3. The number of hydrogen-bond acceptors (Lipinski definition) is 5. The van der Waals surface area contributed by atoms with Gasteiger partial charge in [0, 0.05) is 6.42 Å². The minimum atomic E-state index is -4.32. The number of amides is 1. The lowest BCUT2D eigenvalue weighted by molar-refractivity contribution is -0.870. The molecule has 370 valence electrons. The Hall–Kier alpha value is -1.54. The highest BCUT2D eigenvalue weighted by atomic mass is 31.2. The molecule has 0 aromatic heterocycles. The molecule has 3 atom stereocenters. The fourth-order valence-electron chi connectivity index (χ4n) is 7.69. The second kappa shape index (κ2) is 45.6. The quantitative estimate of drug-likeness (QED) is 0.0243. The first kappa shape index (κ1) is 61.5. The van der Waals surface area contributed by atoms with Crippen molar-refractivity contribution in [1.29, 1.82) is 0 Å². The standard InChI is InChI=1S/C54H103N2O6P/c1-6-8-10-12-14-16-18-20-22-24-25-26-27-28-29-30-31-32-34-36-38-40-42-44-46-48-54(58)55-52(51-62-63(59,60)61-50-49-56(3,4)5)53(57)47-45-43-41-39-37-35-33-23-21-19-17-15-13-11-9-7-2/h8,10,14,16,20,22,25-26,52-53,57H,6-7,9,11-13,15,17-19,21,23-24,27-51H2,1-5H3,(H-,55,58,59,60)/p+1/b10-8-,16-14-,22-20-,26-25-. The zero-order chi connectivity index (χ0) is 46.4. The number of quaternary nitrogens is 1. The van der Waals surface area contributed by atoms with Crippen molar-refractivity contribution in [2.45, 2.75) is 251 Å². The fraction of sp³-hybridized carbons (Fsp3) is 0.833. The number of rotatable bonds is 48. The molecule has 3 unspecified atom stereocenters. The van der Waals surface area contributed by atoms with Crippen LogP contribution >= 0.6 is 7.82 Å². The lowest BCUT2D eigenvalue weighted by atomic mass is 10.0. The Morgan fingerprint density at radius 1 is 0.556 bits per heavy atom. The van der Waals surface area contributed by atoms with E-state index in [1.54, 1.807) is 0 Å². The molecule has 3 N–H and O–H groups in total. The third-order valence-electron chi connectivity index (χ3n) is 11.8. The van der Waals surface area contributed by atoms with Gasteiger partial charge in [0.15, 0.2) is 0 Å². The second-order valence-electron chi connectivity index (χ2n) is 19.2. The van der Waals surface area contributed by atoms with E-state index in [1.165, 1.54) is 148 Å². The van der Waals surface area contributed by atoms with E-state index in [4.69, 9.17) is 9.05 Å². The summed E-state index contributed by atoms with van der Waals surface area (Å²) in [5, 5.41) is 14.0. The summed E-state index contributed by atoms with van der Waals surface area (Å²) in [7, 11) is 1.62. The average molecular weight is 908 g/mol. The van der Waals surface area contributed by atoms with Gasteiger partial charge < -0.3 is 19.8 Å². The van der Waals surface area contributed by atoms with Crippen LogP contribution in [0.3, 0.4) is 0 Å². The Balaban J connectivity index is 4.20. The molecular formula is C54H104N2O6P+. The molecule has 1 amide bonds. The normalized spacial score (nSPS) is 14.5. The van der Waals surface area contributed by atoms with Gasteiger partial charge in [0.25, 0.3) is 0 Å². The molecule has 8 nitrogen and oxygen atoms in total. The highest BCUT2D eigenvalue weighted by Crippen LogP contribution is 2.43. The highest BCUT2D eigenvalue weighted by Gasteiger charge is 2.28. The zero-order valence-electron chi connectivity index (χ0n) is 42.1. The summed E-state index contributed by atoms with van der Waals surface area (Å²) in [5.74, 6) is -0.146. The lowest BCUT2D eigenvalue weighted by Gasteiger charge is -2.26. The van der Waals surface area contributed by atoms with Crippen LogP contribution in [-0.2, 0) is 18.4 Å². The molecular weight excluding hydrogens is 804 g/mol. The maximum atomic E-state index is 13.0. The van der Waals surface area contributed by atoms with Crippen molar-refractivity contribution >= 4 is 13.7 Å². The Kier molecular flexibility index (Phi) is 44.5. The van der Waals surface area contributed by atoms with Gasteiger partial charge in [-0.1, -0.05) is 229 Å². The number of phosphoric ester groups is 1.